The molecule has 3 rings (SSSR count). The van der Waals surface area contributed by atoms with E-state index >= 15 is 4.39 Å². The van der Waals surface area contributed by atoms with Gasteiger partial charge in [-0.2, -0.15) is 0 Å². The molecule has 0 N–H and O–H groups in total. The zero-order valence-corrected chi connectivity index (χ0v) is 14.6. The smallest absolute Gasteiger partial charge is 0.165 e. The zero-order valence-electron chi connectivity index (χ0n) is 14.6. The van der Waals surface area contributed by atoms with E-state index in [2.05, 4.69) is 32.0 Å². The van der Waals surface area contributed by atoms with Crippen molar-refractivity contribution in [2.75, 3.05) is 0 Å². The molecule has 1 atom stereocenters. The van der Waals surface area contributed by atoms with Crippen molar-refractivity contribution in [1.29, 1.82) is 0 Å². The summed E-state index contributed by atoms with van der Waals surface area (Å²) in [5.74, 6) is 0. The summed E-state index contributed by atoms with van der Waals surface area (Å²) in [7, 11) is 0. The van der Waals surface area contributed by atoms with Crippen LogP contribution in [0.3, 0.4) is 0 Å². The van der Waals surface area contributed by atoms with Crippen molar-refractivity contribution in [1.82, 2.24) is 0 Å². The Hall–Kier alpha value is -2.15. The highest BCUT2D eigenvalue weighted by Gasteiger charge is 2.37. The normalized spacial score (nSPS) is 20.0. The lowest BCUT2D eigenvalue weighted by molar-refractivity contribution is 0.249. The van der Waals surface area contributed by atoms with Crippen LogP contribution in [0.2, 0.25) is 0 Å². The highest BCUT2D eigenvalue weighted by Crippen LogP contribution is 2.45. The molecule has 0 nitrogen and oxygen atoms in total. The van der Waals surface area contributed by atoms with Gasteiger partial charge in [-0.05, 0) is 35.1 Å². The molecule has 0 amide bonds. The highest BCUT2D eigenvalue weighted by molar-refractivity contribution is 5.77. The Kier molecular flexibility index (Phi) is 4.99. The van der Waals surface area contributed by atoms with Crippen LogP contribution in [-0.2, 0) is 18.5 Å². The largest absolute Gasteiger partial charge is 0.233 e. The minimum atomic E-state index is -1.45. The number of aryl methyl sites for hydroxylation is 2. The first-order valence-electron chi connectivity index (χ1n) is 8.92. The molecule has 0 spiro atoms. The topological polar surface area (TPSA) is 0 Å². The monoisotopic (exact) mass is 320 g/mol. The summed E-state index contributed by atoms with van der Waals surface area (Å²) in [6.07, 6.45) is 9.26. The van der Waals surface area contributed by atoms with Crippen LogP contribution in [0.25, 0.3) is 5.57 Å². The number of rotatable bonds is 5. The van der Waals surface area contributed by atoms with Gasteiger partial charge in [-0.15, -0.1) is 0 Å². The molecule has 1 aliphatic carbocycles. The van der Waals surface area contributed by atoms with Gasteiger partial charge < -0.3 is 0 Å². The van der Waals surface area contributed by atoms with E-state index in [1.807, 2.05) is 48.6 Å². The van der Waals surface area contributed by atoms with E-state index in [0.717, 1.165) is 36.0 Å². The summed E-state index contributed by atoms with van der Waals surface area (Å²) in [5.41, 5.74) is 3.53. The molecule has 0 fully saturated rings. The standard InChI is InChI=1S/C23H25F/c1-3-9-19-11-8-13-21(17-19)23(24)15-6-5-14-22(23)20-12-7-10-18(4-2)16-20/h5-8,10-14,16-17H,3-4,9,15H2,1-2H3. The van der Waals surface area contributed by atoms with Crippen molar-refractivity contribution < 1.29 is 4.39 Å². The van der Waals surface area contributed by atoms with Gasteiger partial charge in [-0.1, -0.05) is 87.0 Å². The van der Waals surface area contributed by atoms with E-state index in [4.69, 9.17) is 0 Å². The Balaban J connectivity index is 2.05. The number of hydrogen-bond acceptors (Lipinski definition) is 0. The van der Waals surface area contributed by atoms with Crippen molar-refractivity contribution in [3.05, 3.63) is 89.0 Å². The lowest BCUT2D eigenvalue weighted by Gasteiger charge is -2.31. The second-order valence-corrected chi connectivity index (χ2v) is 6.52. The molecular weight excluding hydrogens is 295 g/mol. The Morgan fingerprint density at radius 3 is 2.58 bits per heavy atom. The number of benzene rings is 2. The Morgan fingerprint density at radius 1 is 1.00 bits per heavy atom. The van der Waals surface area contributed by atoms with Crippen LogP contribution in [0.4, 0.5) is 4.39 Å². The van der Waals surface area contributed by atoms with Crippen molar-refractivity contribution in [2.45, 2.75) is 45.2 Å². The van der Waals surface area contributed by atoms with Gasteiger partial charge in [-0.25, -0.2) is 4.39 Å². The third kappa shape index (κ3) is 3.21. The molecule has 0 bridgehead atoms. The molecule has 0 radical (unpaired) electrons. The Morgan fingerprint density at radius 2 is 1.79 bits per heavy atom. The van der Waals surface area contributed by atoms with Crippen molar-refractivity contribution in [2.24, 2.45) is 0 Å². The average molecular weight is 320 g/mol. The second-order valence-electron chi connectivity index (χ2n) is 6.52. The van der Waals surface area contributed by atoms with E-state index in [-0.39, 0.29) is 0 Å². The minimum absolute atomic E-state index is 0.394. The van der Waals surface area contributed by atoms with Gasteiger partial charge in [0, 0.05) is 12.0 Å². The second kappa shape index (κ2) is 7.17. The fraction of sp³-hybridized carbons (Fsp3) is 0.304. The van der Waals surface area contributed by atoms with Gasteiger partial charge in [0.25, 0.3) is 0 Å². The maximum absolute atomic E-state index is 16.2. The summed E-state index contributed by atoms with van der Waals surface area (Å²) in [6, 6.07) is 16.3. The predicted octanol–water partition coefficient (Wildman–Crippen LogP) is 6.41. The molecule has 1 unspecified atom stereocenters. The zero-order chi connectivity index (χ0) is 17.0. The van der Waals surface area contributed by atoms with Crippen LogP contribution in [0.5, 0.6) is 0 Å². The van der Waals surface area contributed by atoms with Crippen LogP contribution >= 0.6 is 0 Å². The van der Waals surface area contributed by atoms with Crippen molar-refractivity contribution >= 4 is 5.57 Å². The molecular formula is C23H25F. The number of halogens is 1. The molecule has 0 aliphatic heterocycles. The first kappa shape index (κ1) is 16.7. The molecule has 0 saturated heterocycles. The van der Waals surface area contributed by atoms with Crippen LogP contribution in [0.1, 0.15) is 48.9 Å². The molecule has 0 saturated carbocycles. The maximum Gasteiger partial charge on any atom is 0.165 e. The lowest BCUT2D eigenvalue weighted by atomic mass is 9.78. The third-order valence-corrected chi connectivity index (χ3v) is 4.79. The predicted molar refractivity (Wildman–Crippen MR) is 101 cm³/mol. The van der Waals surface area contributed by atoms with Crippen molar-refractivity contribution in [3.8, 4) is 0 Å². The average Bonchev–Trinajstić information content (AvgIpc) is 2.63. The van der Waals surface area contributed by atoms with Crippen molar-refractivity contribution in [3.63, 3.8) is 0 Å². The summed E-state index contributed by atoms with van der Waals surface area (Å²) in [6.45, 7) is 4.29. The van der Waals surface area contributed by atoms with Crippen LogP contribution < -0.4 is 0 Å². The number of allylic oxidation sites excluding steroid dienone is 4. The maximum atomic E-state index is 16.2. The van der Waals surface area contributed by atoms with Crippen LogP contribution in [0.15, 0.2) is 66.8 Å². The quantitative estimate of drug-likeness (QED) is 0.597. The van der Waals surface area contributed by atoms with E-state index < -0.39 is 5.67 Å². The molecule has 24 heavy (non-hydrogen) atoms. The number of hydrogen-bond donors (Lipinski definition) is 0. The summed E-state index contributed by atoms with van der Waals surface area (Å²) in [4.78, 5) is 0. The molecule has 0 aromatic heterocycles. The van der Waals surface area contributed by atoms with Gasteiger partial charge in [0.15, 0.2) is 5.67 Å². The van der Waals surface area contributed by atoms with Gasteiger partial charge in [0.1, 0.15) is 0 Å². The lowest BCUT2D eigenvalue weighted by Crippen LogP contribution is -2.23. The molecule has 1 heteroatoms. The van der Waals surface area contributed by atoms with Gasteiger partial charge in [-0.3, -0.25) is 0 Å². The van der Waals surface area contributed by atoms with Gasteiger partial charge >= 0.3 is 0 Å². The fourth-order valence-corrected chi connectivity index (χ4v) is 3.46. The molecule has 0 heterocycles. The van der Waals surface area contributed by atoms with E-state index in [1.54, 1.807) is 0 Å². The summed E-state index contributed by atoms with van der Waals surface area (Å²) < 4.78 is 16.2. The molecule has 1 aliphatic rings. The SMILES string of the molecule is CCCc1cccc(C2(F)CC=CC=C2c2cccc(CC)c2)c1. The summed E-state index contributed by atoms with van der Waals surface area (Å²) >= 11 is 0. The van der Waals surface area contributed by atoms with E-state index in [0.29, 0.717) is 6.42 Å². The first-order chi connectivity index (χ1) is 11.7. The minimum Gasteiger partial charge on any atom is -0.233 e. The van der Waals surface area contributed by atoms with Crippen LogP contribution in [-0.4, -0.2) is 0 Å². The Bertz CT molecular complexity index is 769. The van der Waals surface area contributed by atoms with Gasteiger partial charge in [0.2, 0.25) is 0 Å². The molecule has 2 aromatic rings. The first-order valence-corrected chi connectivity index (χ1v) is 8.92. The third-order valence-electron chi connectivity index (χ3n) is 4.79. The number of alkyl halides is 1. The fourth-order valence-electron chi connectivity index (χ4n) is 3.46. The van der Waals surface area contributed by atoms with Crippen LogP contribution in [0, 0.1) is 0 Å². The van der Waals surface area contributed by atoms with E-state index in [1.165, 1.54) is 11.1 Å². The highest BCUT2D eigenvalue weighted by atomic mass is 19.1. The molecule has 124 valence electrons. The van der Waals surface area contributed by atoms with Gasteiger partial charge in [0.05, 0.1) is 0 Å². The van der Waals surface area contributed by atoms with E-state index in [9.17, 15) is 0 Å². The molecule has 2 aromatic carbocycles. The Labute approximate surface area is 144 Å². The summed E-state index contributed by atoms with van der Waals surface area (Å²) in [5, 5.41) is 0.